The monoisotopic (exact) mass is 354 g/mol. The molecule has 1 nitrogen and oxygen atoms in total. The molecule has 0 radical (unpaired) electrons. The largest absolute Gasteiger partial charge is 0.396 e. The minimum absolute atomic E-state index is 0.249. The van der Waals surface area contributed by atoms with E-state index in [0.717, 1.165) is 5.75 Å². The Labute approximate surface area is 134 Å². The highest BCUT2D eigenvalue weighted by molar-refractivity contribution is 8.40. The molecule has 0 spiro atoms. The Bertz CT molecular complexity index is 437. The highest BCUT2D eigenvalue weighted by atomic mass is 32.2. The molecule has 0 bridgehead atoms. The summed E-state index contributed by atoms with van der Waals surface area (Å²) in [5.41, 5.74) is 0. The van der Waals surface area contributed by atoms with Crippen LogP contribution in [0.25, 0.3) is 0 Å². The number of aliphatic hydroxyl groups excluding tert-OH is 1. The zero-order valence-electron chi connectivity index (χ0n) is 10.3. The van der Waals surface area contributed by atoms with Crippen LogP contribution in [0.4, 0.5) is 0 Å². The predicted octanol–water partition coefficient (Wildman–Crippen LogP) is 5.54. The van der Waals surface area contributed by atoms with Crippen LogP contribution in [0.1, 0.15) is 13.8 Å². The molecule has 2 aliphatic heterocycles. The van der Waals surface area contributed by atoms with Gasteiger partial charge in [0, 0.05) is 15.6 Å². The van der Waals surface area contributed by atoms with E-state index >= 15 is 0 Å². The molecule has 0 aliphatic carbocycles. The van der Waals surface area contributed by atoms with Gasteiger partial charge in [-0.1, -0.05) is 47.0 Å². The molecular formula is C11H14OS6. The van der Waals surface area contributed by atoms with Crippen LogP contribution < -0.4 is 0 Å². The highest BCUT2D eigenvalue weighted by Crippen LogP contribution is 2.62. The van der Waals surface area contributed by atoms with Gasteiger partial charge in [0.25, 0.3) is 0 Å². The first-order chi connectivity index (χ1) is 8.65. The van der Waals surface area contributed by atoms with Gasteiger partial charge in [-0.3, -0.25) is 0 Å². The van der Waals surface area contributed by atoms with Gasteiger partial charge in [-0.15, -0.1) is 23.5 Å². The fourth-order valence-electron chi connectivity index (χ4n) is 1.34. The van der Waals surface area contributed by atoms with Crippen molar-refractivity contribution in [2.24, 2.45) is 0 Å². The Morgan fingerprint density at radius 3 is 2.00 bits per heavy atom. The van der Waals surface area contributed by atoms with E-state index < -0.39 is 0 Å². The van der Waals surface area contributed by atoms with E-state index in [1.54, 1.807) is 11.8 Å². The topological polar surface area (TPSA) is 20.2 Å². The van der Waals surface area contributed by atoms with Gasteiger partial charge in [0.1, 0.15) is 0 Å². The standard InChI is InChI=1S/C11H14OS6/c1-6-8(13-3)17-10(15-6)11-16-7(2)9(18-11)14-5-4-12/h12H,4-5H2,1-3H3/b11-10+. The second kappa shape index (κ2) is 7.33. The van der Waals surface area contributed by atoms with E-state index in [0.29, 0.717) is 0 Å². The third kappa shape index (κ3) is 3.68. The fraction of sp³-hybridized carbons (Fsp3) is 0.455. The molecule has 0 unspecified atom stereocenters. The predicted molar refractivity (Wildman–Crippen MR) is 95.8 cm³/mol. The van der Waals surface area contributed by atoms with Crippen molar-refractivity contribution >= 4 is 70.6 Å². The maximum absolute atomic E-state index is 8.90. The Balaban J connectivity index is 2.03. The van der Waals surface area contributed by atoms with Crippen molar-refractivity contribution < 1.29 is 5.11 Å². The molecule has 2 rings (SSSR count). The van der Waals surface area contributed by atoms with E-state index in [1.807, 2.05) is 58.8 Å². The lowest BCUT2D eigenvalue weighted by molar-refractivity contribution is 0.322. The van der Waals surface area contributed by atoms with Crippen LogP contribution in [-0.4, -0.2) is 23.7 Å². The smallest absolute Gasteiger partial charge is 0.0708 e. The summed E-state index contributed by atoms with van der Waals surface area (Å²) in [5, 5.41) is 8.90. The van der Waals surface area contributed by atoms with Crippen LogP contribution >= 0.6 is 70.6 Å². The van der Waals surface area contributed by atoms with Crippen LogP contribution in [0.15, 0.2) is 26.8 Å². The third-order valence-corrected chi connectivity index (χ3v) is 10.7. The van der Waals surface area contributed by atoms with Gasteiger partial charge in [-0.25, -0.2) is 0 Å². The van der Waals surface area contributed by atoms with Gasteiger partial charge in [-0.2, -0.15) is 0 Å². The molecule has 0 fully saturated rings. The van der Waals surface area contributed by atoms with Crippen molar-refractivity contribution in [3.63, 3.8) is 0 Å². The second-order valence-electron chi connectivity index (χ2n) is 3.45. The van der Waals surface area contributed by atoms with Gasteiger partial charge in [-0.05, 0) is 20.1 Å². The van der Waals surface area contributed by atoms with Crippen molar-refractivity contribution in [2.45, 2.75) is 13.8 Å². The average molecular weight is 355 g/mol. The fourth-order valence-corrected chi connectivity index (χ4v) is 9.18. The maximum atomic E-state index is 8.90. The molecule has 0 aromatic rings. The Morgan fingerprint density at radius 1 is 0.944 bits per heavy atom. The normalized spacial score (nSPS) is 24.7. The molecule has 2 aliphatic rings. The lowest BCUT2D eigenvalue weighted by Crippen LogP contribution is -1.84. The van der Waals surface area contributed by atoms with Gasteiger partial charge in [0.2, 0.25) is 0 Å². The lowest BCUT2D eigenvalue weighted by Gasteiger charge is -2.02. The van der Waals surface area contributed by atoms with Crippen molar-refractivity contribution in [2.75, 3.05) is 18.6 Å². The number of hydrogen-bond donors (Lipinski definition) is 1. The first-order valence-corrected chi connectivity index (χ1v) is 10.8. The molecule has 0 saturated heterocycles. The van der Waals surface area contributed by atoms with Gasteiger partial charge in [0.05, 0.1) is 23.6 Å². The average Bonchev–Trinajstić information content (AvgIpc) is 2.90. The van der Waals surface area contributed by atoms with E-state index in [9.17, 15) is 0 Å². The number of rotatable bonds is 4. The molecule has 1 N–H and O–H groups in total. The quantitative estimate of drug-likeness (QED) is 0.706. The minimum Gasteiger partial charge on any atom is -0.396 e. The van der Waals surface area contributed by atoms with Crippen molar-refractivity contribution in [3.8, 4) is 0 Å². The summed E-state index contributed by atoms with van der Waals surface area (Å²) >= 11 is 11.1. The molecule has 0 amide bonds. The van der Waals surface area contributed by atoms with Crippen LogP contribution in [0.3, 0.4) is 0 Å². The summed E-state index contributed by atoms with van der Waals surface area (Å²) in [5.74, 6) is 0.788. The lowest BCUT2D eigenvalue weighted by atomic mass is 10.7. The zero-order chi connectivity index (χ0) is 13.1. The number of hydrogen-bond acceptors (Lipinski definition) is 7. The molecule has 18 heavy (non-hydrogen) atoms. The molecule has 100 valence electrons. The number of aliphatic hydroxyl groups is 1. The summed E-state index contributed by atoms with van der Waals surface area (Å²) in [7, 11) is 0. The highest BCUT2D eigenvalue weighted by Gasteiger charge is 2.26. The van der Waals surface area contributed by atoms with Gasteiger partial charge >= 0.3 is 0 Å². The van der Waals surface area contributed by atoms with E-state index in [4.69, 9.17) is 5.11 Å². The first-order valence-electron chi connectivity index (χ1n) is 5.30. The molecule has 0 saturated carbocycles. The number of allylic oxidation sites excluding steroid dienone is 2. The number of thioether (sulfide) groups is 6. The molecule has 0 aromatic carbocycles. The Hall–Kier alpha value is 1.28. The second-order valence-corrected chi connectivity index (χ2v) is 10.9. The summed E-state index contributed by atoms with van der Waals surface area (Å²) in [4.78, 5) is 2.79. The maximum Gasteiger partial charge on any atom is 0.0708 e. The molecule has 7 heteroatoms. The summed E-state index contributed by atoms with van der Waals surface area (Å²) in [6, 6.07) is 0. The van der Waals surface area contributed by atoms with Crippen molar-refractivity contribution in [3.05, 3.63) is 26.8 Å². The summed E-state index contributed by atoms with van der Waals surface area (Å²) in [6.45, 7) is 4.62. The first kappa shape index (κ1) is 15.7. The molecular weight excluding hydrogens is 341 g/mol. The summed E-state index contributed by atoms with van der Waals surface area (Å²) in [6.07, 6.45) is 2.14. The van der Waals surface area contributed by atoms with Gasteiger partial charge < -0.3 is 5.11 Å². The van der Waals surface area contributed by atoms with Crippen LogP contribution in [0, 0.1) is 0 Å². The van der Waals surface area contributed by atoms with Crippen LogP contribution in [0.5, 0.6) is 0 Å². The molecule has 2 heterocycles. The van der Waals surface area contributed by atoms with E-state index in [-0.39, 0.29) is 6.61 Å². The van der Waals surface area contributed by atoms with Crippen molar-refractivity contribution in [1.29, 1.82) is 0 Å². The molecule has 0 atom stereocenters. The SMILES string of the molecule is CSC1=C(C)S/C(=C2/SC(C)=C(SCCO)S2)S1. The molecule has 0 aromatic heterocycles. The third-order valence-electron chi connectivity index (χ3n) is 2.11. The van der Waals surface area contributed by atoms with Crippen LogP contribution in [-0.2, 0) is 0 Å². The van der Waals surface area contributed by atoms with Gasteiger partial charge in [0.15, 0.2) is 0 Å². The van der Waals surface area contributed by atoms with Crippen molar-refractivity contribution in [1.82, 2.24) is 0 Å². The van der Waals surface area contributed by atoms with E-state index in [1.165, 1.54) is 26.8 Å². The summed E-state index contributed by atoms with van der Waals surface area (Å²) < 4.78 is 5.61. The van der Waals surface area contributed by atoms with E-state index in [2.05, 4.69) is 20.1 Å². The van der Waals surface area contributed by atoms with Crippen LogP contribution in [0.2, 0.25) is 0 Å². The Kier molecular flexibility index (Phi) is 6.38. The Morgan fingerprint density at radius 2 is 1.50 bits per heavy atom. The zero-order valence-corrected chi connectivity index (χ0v) is 15.2. The minimum atomic E-state index is 0.249.